The first-order valence-electron chi connectivity index (χ1n) is 8.62. The van der Waals surface area contributed by atoms with Gasteiger partial charge >= 0.3 is 0 Å². The number of carbonyl (C=O) groups is 1. The monoisotopic (exact) mass is 404 g/mol. The second-order valence-corrected chi connectivity index (χ2v) is 8.78. The number of halogens is 1. The van der Waals surface area contributed by atoms with E-state index in [4.69, 9.17) is 11.6 Å². The van der Waals surface area contributed by atoms with E-state index < -0.39 is 16.1 Å². The first-order chi connectivity index (χ1) is 12.8. The summed E-state index contributed by atoms with van der Waals surface area (Å²) in [5.74, 6) is -0.349. The van der Waals surface area contributed by atoms with Crippen LogP contribution in [-0.2, 0) is 21.4 Å². The molecule has 1 amide bonds. The topological polar surface area (TPSA) is 66.5 Å². The Morgan fingerprint density at radius 3 is 2.59 bits per heavy atom. The first-order valence-corrected chi connectivity index (χ1v) is 10.4. The van der Waals surface area contributed by atoms with Crippen LogP contribution in [0.3, 0.4) is 0 Å². The number of hydrogen-bond donors (Lipinski definition) is 1. The van der Waals surface area contributed by atoms with E-state index in [1.54, 1.807) is 43.3 Å². The predicted molar refractivity (Wildman–Crippen MR) is 107 cm³/mol. The van der Waals surface area contributed by atoms with Crippen molar-refractivity contribution in [3.05, 3.63) is 71.3 Å². The number of carbonyl (C=O) groups excluding carboxylic acids is 1. The second kappa shape index (κ2) is 7.84. The van der Waals surface area contributed by atoms with Crippen molar-refractivity contribution in [1.82, 2.24) is 9.62 Å². The summed E-state index contributed by atoms with van der Waals surface area (Å²) in [6.07, 6.45) is 0.477. The van der Waals surface area contributed by atoms with Gasteiger partial charge in [-0.25, -0.2) is 8.42 Å². The highest BCUT2D eigenvalue weighted by atomic mass is 35.5. The van der Waals surface area contributed by atoms with Crippen molar-refractivity contribution in [3.8, 4) is 0 Å². The number of sulfonamides is 1. The molecule has 1 aliphatic rings. The Hall–Kier alpha value is -2.15. The Balaban J connectivity index is 1.79. The molecule has 7 heteroatoms. The lowest BCUT2D eigenvalue weighted by Crippen LogP contribution is -2.47. The van der Waals surface area contributed by atoms with Gasteiger partial charge in [0.25, 0.3) is 0 Å². The molecule has 0 spiro atoms. The van der Waals surface area contributed by atoms with Crippen LogP contribution in [-0.4, -0.2) is 31.2 Å². The molecule has 0 bridgehead atoms. The van der Waals surface area contributed by atoms with Crippen molar-refractivity contribution in [3.63, 3.8) is 0 Å². The van der Waals surface area contributed by atoms with Crippen molar-refractivity contribution in [2.75, 3.05) is 6.54 Å². The summed E-state index contributed by atoms with van der Waals surface area (Å²) in [7, 11) is -3.79. The molecule has 27 heavy (non-hydrogen) atoms. The minimum atomic E-state index is -3.79. The third-order valence-electron chi connectivity index (χ3n) is 4.68. The molecule has 1 heterocycles. The van der Waals surface area contributed by atoms with Crippen LogP contribution in [0.1, 0.15) is 24.5 Å². The molecule has 0 saturated carbocycles. The standard InChI is InChI=1S/C20H21ClN2O3S/c1-14-11-12-23(27(25,26)19-6-4-3-5-18(14)19)15(2)20(24)22-13-16-7-9-17(21)10-8-16/h3-10,15H,1,11-13H2,2H3,(H,22,24)/t15-/m1/s1. The predicted octanol–water partition coefficient (Wildman–Crippen LogP) is 3.45. The fourth-order valence-electron chi connectivity index (χ4n) is 3.08. The molecule has 142 valence electrons. The van der Waals surface area contributed by atoms with Crippen LogP contribution in [0.5, 0.6) is 0 Å². The zero-order chi connectivity index (χ0) is 19.6. The van der Waals surface area contributed by atoms with Crippen LogP contribution in [0, 0.1) is 0 Å². The number of hydrogen-bond acceptors (Lipinski definition) is 3. The number of rotatable bonds is 4. The molecule has 1 N–H and O–H groups in total. The van der Waals surface area contributed by atoms with Gasteiger partial charge in [-0.3, -0.25) is 4.79 Å². The average Bonchev–Trinajstić information content (AvgIpc) is 2.76. The minimum absolute atomic E-state index is 0.199. The zero-order valence-electron chi connectivity index (χ0n) is 15.0. The summed E-state index contributed by atoms with van der Waals surface area (Å²) in [5.41, 5.74) is 2.26. The quantitative estimate of drug-likeness (QED) is 0.848. The Morgan fingerprint density at radius 1 is 1.22 bits per heavy atom. The molecule has 0 unspecified atom stereocenters. The van der Waals surface area contributed by atoms with Crippen molar-refractivity contribution in [1.29, 1.82) is 0 Å². The molecular formula is C20H21ClN2O3S. The summed E-state index contributed by atoms with van der Waals surface area (Å²) in [5, 5.41) is 3.42. The third-order valence-corrected chi connectivity index (χ3v) is 6.96. The maximum absolute atomic E-state index is 13.1. The van der Waals surface area contributed by atoms with Crippen LogP contribution >= 0.6 is 11.6 Å². The van der Waals surface area contributed by atoms with Crippen molar-refractivity contribution in [2.24, 2.45) is 0 Å². The Labute approximate surface area is 164 Å². The summed E-state index contributed by atoms with van der Waals surface area (Å²) >= 11 is 5.86. The molecule has 1 atom stereocenters. The first kappa shape index (κ1) is 19.6. The Morgan fingerprint density at radius 2 is 1.89 bits per heavy atom. The minimum Gasteiger partial charge on any atom is -0.351 e. The van der Waals surface area contributed by atoms with Crippen LogP contribution in [0.15, 0.2) is 60.0 Å². The fourth-order valence-corrected chi connectivity index (χ4v) is 5.04. The molecule has 2 aromatic carbocycles. The van der Waals surface area contributed by atoms with E-state index in [1.807, 2.05) is 12.1 Å². The largest absolute Gasteiger partial charge is 0.351 e. The van der Waals surface area contributed by atoms with E-state index in [-0.39, 0.29) is 17.3 Å². The molecule has 0 fully saturated rings. The highest BCUT2D eigenvalue weighted by Gasteiger charge is 2.36. The average molecular weight is 405 g/mol. The lowest BCUT2D eigenvalue weighted by molar-refractivity contribution is -0.124. The maximum atomic E-state index is 13.1. The highest BCUT2D eigenvalue weighted by Crippen LogP contribution is 2.32. The van der Waals surface area contributed by atoms with Crippen LogP contribution in [0.25, 0.3) is 5.57 Å². The van der Waals surface area contributed by atoms with E-state index in [2.05, 4.69) is 11.9 Å². The Kier molecular flexibility index (Phi) is 5.69. The maximum Gasteiger partial charge on any atom is 0.244 e. The molecule has 0 radical (unpaired) electrons. The van der Waals surface area contributed by atoms with E-state index in [1.165, 1.54) is 4.31 Å². The van der Waals surface area contributed by atoms with Gasteiger partial charge in [0.15, 0.2) is 0 Å². The van der Waals surface area contributed by atoms with Gasteiger partial charge in [-0.15, -0.1) is 0 Å². The molecule has 1 aliphatic heterocycles. The lowest BCUT2D eigenvalue weighted by atomic mass is 10.0. The summed E-state index contributed by atoms with van der Waals surface area (Å²) in [4.78, 5) is 12.8. The lowest BCUT2D eigenvalue weighted by Gasteiger charge is -2.26. The van der Waals surface area contributed by atoms with E-state index in [0.717, 1.165) is 11.1 Å². The van der Waals surface area contributed by atoms with Gasteiger partial charge < -0.3 is 5.32 Å². The van der Waals surface area contributed by atoms with Crippen molar-refractivity contribution < 1.29 is 13.2 Å². The molecule has 0 aromatic heterocycles. The molecular weight excluding hydrogens is 384 g/mol. The van der Waals surface area contributed by atoms with Gasteiger partial charge in [-0.05, 0) is 48.2 Å². The van der Waals surface area contributed by atoms with Crippen LogP contribution < -0.4 is 5.32 Å². The van der Waals surface area contributed by atoms with Gasteiger partial charge in [0.1, 0.15) is 6.04 Å². The van der Waals surface area contributed by atoms with Crippen molar-refractivity contribution >= 4 is 33.1 Å². The van der Waals surface area contributed by atoms with E-state index in [0.29, 0.717) is 23.6 Å². The SMILES string of the molecule is C=C1CCN([C@H](C)C(=O)NCc2ccc(Cl)cc2)S(=O)(=O)c2ccccc21. The van der Waals surface area contributed by atoms with Crippen LogP contribution in [0.2, 0.25) is 5.02 Å². The second-order valence-electron chi connectivity index (χ2n) is 6.49. The van der Waals surface area contributed by atoms with Gasteiger partial charge in [0, 0.05) is 18.1 Å². The summed E-state index contributed by atoms with van der Waals surface area (Å²) in [6, 6.07) is 13.1. The molecule has 2 aromatic rings. The van der Waals surface area contributed by atoms with Gasteiger partial charge in [-0.2, -0.15) is 4.31 Å². The van der Waals surface area contributed by atoms with Crippen LogP contribution in [0.4, 0.5) is 0 Å². The van der Waals surface area contributed by atoms with Gasteiger partial charge in [0.2, 0.25) is 15.9 Å². The third kappa shape index (κ3) is 4.08. The normalized spacial score (nSPS) is 17.6. The van der Waals surface area contributed by atoms with Crippen molar-refractivity contribution in [2.45, 2.75) is 30.8 Å². The number of amides is 1. The number of fused-ring (bicyclic) bond motifs is 1. The van der Waals surface area contributed by atoms with Gasteiger partial charge in [-0.1, -0.05) is 48.5 Å². The van der Waals surface area contributed by atoms with E-state index >= 15 is 0 Å². The Bertz CT molecular complexity index is 971. The van der Waals surface area contributed by atoms with E-state index in [9.17, 15) is 13.2 Å². The number of benzene rings is 2. The van der Waals surface area contributed by atoms with Gasteiger partial charge in [0.05, 0.1) is 4.90 Å². The summed E-state index contributed by atoms with van der Waals surface area (Å²) < 4.78 is 27.5. The molecule has 0 aliphatic carbocycles. The smallest absolute Gasteiger partial charge is 0.244 e. The fraction of sp³-hybridized carbons (Fsp3) is 0.250. The zero-order valence-corrected chi connectivity index (χ0v) is 16.6. The molecule has 0 saturated heterocycles. The number of nitrogens with zero attached hydrogens (tertiary/aromatic N) is 1. The highest BCUT2D eigenvalue weighted by molar-refractivity contribution is 7.89. The molecule has 3 rings (SSSR count). The molecule has 5 nitrogen and oxygen atoms in total. The summed E-state index contributed by atoms with van der Waals surface area (Å²) in [6.45, 7) is 6.12. The number of nitrogens with one attached hydrogen (secondary N) is 1.